The number of ketones is 1. The number of para-hydroxylation sites is 1. The fourth-order valence-corrected chi connectivity index (χ4v) is 7.79. The highest BCUT2D eigenvalue weighted by Gasteiger charge is 2.46. The van der Waals surface area contributed by atoms with E-state index < -0.39 is 86.7 Å². The minimum atomic E-state index is -4.81. The molecular formula is C37H39ClN5O14P. The van der Waals surface area contributed by atoms with Crippen molar-refractivity contribution >= 4 is 42.9 Å². The number of hydrogen-bond donors (Lipinski definition) is 3. The van der Waals surface area contributed by atoms with Crippen molar-refractivity contribution in [2.45, 2.75) is 76.4 Å². The third-order valence-electron chi connectivity index (χ3n) is 9.09. The molecule has 58 heavy (non-hydrogen) atoms. The van der Waals surface area contributed by atoms with E-state index in [1.54, 1.807) is 42.5 Å². The quantitative estimate of drug-likeness (QED) is 0.108. The standard InChI is InChI=1S/C37H39ClN5O14P/c1-21-18-43(37(50)41-34(21)47)32-16-26(55-33(46)13-12-22(2)45)29(54-32)20-52-58(51,56-25-11-7-6-10-24(25)38)57-27-17-31(53-28(27)19-44)42-15-14-30(40-36(42)49)39-35(48)23-8-4-3-5-9-23/h3-11,14-15,18,26-29,31-32,44H,12-13,16-17,19-20H2,1-2H3,(H,41,47,50)(H,39,40,48,49)/t26-,27-,28+,29+,31+,32+,58?/m0/s1. The molecule has 6 rings (SSSR count). The molecule has 1 unspecified atom stereocenters. The van der Waals surface area contributed by atoms with Crippen molar-refractivity contribution in [1.82, 2.24) is 19.1 Å². The third-order valence-corrected chi connectivity index (χ3v) is 10.8. The summed E-state index contributed by atoms with van der Waals surface area (Å²) in [4.78, 5) is 80.9. The number of nitrogens with one attached hydrogen (secondary N) is 2. The molecule has 308 valence electrons. The van der Waals surface area contributed by atoms with Crippen LogP contribution in [0.3, 0.4) is 0 Å². The van der Waals surface area contributed by atoms with E-state index in [1.165, 1.54) is 44.4 Å². The molecule has 2 aliphatic rings. The molecule has 7 atom stereocenters. The summed E-state index contributed by atoms with van der Waals surface area (Å²) in [5, 5.41) is 12.8. The van der Waals surface area contributed by atoms with Crippen molar-refractivity contribution in [3.8, 4) is 5.75 Å². The Balaban J connectivity index is 1.22. The van der Waals surface area contributed by atoms with Gasteiger partial charge in [0.05, 0.1) is 24.7 Å². The highest BCUT2D eigenvalue weighted by atomic mass is 35.5. The first kappa shape index (κ1) is 42.3. The lowest BCUT2D eigenvalue weighted by molar-refractivity contribution is -0.153. The van der Waals surface area contributed by atoms with Crippen LogP contribution < -0.4 is 26.8 Å². The van der Waals surface area contributed by atoms with E-state index in [9.17, 15) is 38.4 Å². The van der Waals surface area contributed by atoms with Crippen LogP contribution in [0.1, 0.15) is 61.0 Å². The predicted octanol–water partition coefficient (Wildman–Crippen LogP) is 3.44. The van der Waals surface area contributed by atoms with Crippen LogP contribution in [0, 0.1) is 6.92 Å². The largest absolute Gasteiger partial charge is 0.530 e. The zero-order valence-corrected chi connectivity index (χ0v) is 32.7. The summed E-state index contributed by atoms with van der Waals surface area (Å²) in [5.74, 6) is -1.60. The molecular weight excluding hydrogens is 805 g/mol. The van der Waals surface area contributed by atoms with Gasteiger partial charge in [-0.25, -0.2) is 14.2 Å². The van der Waals surface area contributed by atoms with E-state index in [0.29, 0.717) is 5.56 Å². The number of esters is 1. The van der Waals surface area contributed by atoms with Gasteiger partial charge in [-0.15, -0.1) is 0 Å². The maximum Gasteiger partial charge on any atom is 0.530 e. The monoisotopic (exact) mass is 843 g/mol. The molecule has 2 aromatic carbocycles. The summed E-state index contributed by atoms with van der Waals surface area (Å²) in [6.07, 6.45) is -4.89. The molecule has 0 radical (unpaired) electrons. The van der Waals surface area contributed by atoms with Gasteiger partial charge in [-0.2, -0.15) is 4.98 Å². The lowest BCUT2D eigenvalue weighted by atomic mass is 10.1. The average Bonchev–Trinajstić information content (AvgIpc) is 3.78. The van der Waals surface area contributed by atoms with Crippen molar-refractivity contribution in [2.75, 3.05) is 18.5 Å². The van der Waals surface area contributed by atoms with Crippen molar-refractivity contribution in [3.63, 3.8) is 0 Å². The van der Waals surface area contributed by atoms with Gasteiger partial charge in [0.2, 0.25) is 0 Å². The van der Waals surface area contributed by atoms with Gasteiger partial charge in [-0.1, -0.05) is 41.9 Å². The molecule has 0 bridgehead atoms. The molecule has 21 heteroatoms. The number of aromatic nitrogens is 4. The minimum absolute atomic E-state index is 0.0228. The Morgan fingerprint density at radius 3 is 2.36 bits per heavy atom. The van der Waals surface area contributed by atoms with Gasteiger partial charge < -0.3 is 34.0 Å². The van der Waals surface area contributed by atoms with Crippen LogP contribution in [0.5, 0.6) is 5.75 Å². The Morgan fingerprint density at radius 1 is 0.966 bits per heavy atom. The third kappa shape index (κ3) is 10.4. The van der Waals surface area contributed by atoms with Crippen LogP contribution >= 0.6 is 19.4 Å². The lowest BCUT2D eigenvalue weighted by Gasteiger charge is -2.26. The minimum Gasteiger partial charge on any atom is -0.459 e. The van der Waals surface area contributed by atoms with E-state index in [4.69, 9.17) is 39.4 Å². The summed E-state index contributed by atoms with van der Waals surface area (Å²) < 4.78 is 52.0. The van der Waals surface area contributed by atoms with E-state index >= 15 is 0 Å². The molecule has 19 nitrogen and oxygen atoms in total. The van der Waals surface area contributed by atoms with Gasteiger partial charge >= 0.3 is 25.2 Å². The normalized spacial score (nSPS) is 22.6. The number of Topliss-reactive ketones (excluding diaryl/α,β-unsaturated/α-hetero) is 1. The fourth-order valence-electron chi connectivity index (χ4n) is 6.12. The van der Waals surface area contributed by atoms with E-state index in [-0.39, 0.29) is 53.6 Å². The Hall–Kier alpha value is -5.27. The number of carbonyl (C=O) groups is 3. The molecule has 2 fully saturated rings. The number of H-pyrrole nitrogens is 1. The highest BCUT2D eigenvalue weighted by Crippen LogP contribution is 2.54. The summed E-state index contributed by atoms with van der Waals surface area (Å²) in [7, 11) is -4.81. The first-order chi connectivity index (χ1) is 27.7. The highest BCUT2D eigenvalue weighted by molar-refractivity contribution is 7.49. The molecule has 0 saturated carbocycles. The van der Waals surface area contributed by atoms with Crippen LogP contribution in [-0.4, -0.2) is 79.5 Å². The lowest BCUT2D eigenvalue weighted by Crippen LogP contribution is -2.33. The molecule has 0 aliphatic carbocycles. The Labute approximate surface area is 334 Å². The van der Waals surface area contributed by atoms with Crippen LogP contribution in [0.2, 0.25) is 5.02 Å². The van der Waals surface area contributed by atoms with E-state index in [1.807, 2.05) is 0 Å². The number of phosphoric ester groups is 1. The molecule has 2 aromatic heterocycles. The number of benzene rings is 2. The number of amides is 1. The predicted molar refractivity (Wildman–Crippen MR) is 203 cm³/mol. The number of aliphatic hydroxyl groups excluding tert-OH is 1. The summed E-state index contributed by atoms with van der Waals surface area (Å²) >= 11 is 6.33. The first-order valence-electron chi connectivity index (χ1n) is 18.0. The van der Waals surface area contributed by atoms with Crippen molar-refractivity contribution in [3.05, 3.63) is 121 Å². The van der Waals surface area contributed by atoms with Gasteiger partial charge in [0.25, 0.3) is 11.5 Å². The Morgan fingerprint density at radius 2 is 1.66 bits per heavy atom. The van der Waals surface area contributed by atoms with Crippen molar-refractivity contribution < 1.29 is 51.8 Å². The molecule has 4 heterocycles. The number of carbonyl (C=O) groups excluding carboxylic acids is 3. The van der Waals surface area contributed by atoms with Gasteiger partial charge in [0, 0.05) is 42.8 Å². The smallest absolute Gasteiger partial charge is 0.459 e. The average molecular weight is 844 g/mol. The van der Waals surface area contributed by atoms with E-state index in [2.05, 4.69) is 15.3 Å². The SMILES string of the molecule is CC(=O)CCC(=O)O[C@H]1C[C@H](n2cc(C)c(=O)[nH]c2=O)O[C@@H]1COP(=O)(Oc1ccccc1Cl)O[C@H]1C[C@H](n2ccc(NC(=O)c3ccccc3)nc2=O)O[C@@H]1CO. The summed E-state index contributed by atoms with van der Waals surface area (Å²) in [6.45, 7) is 1.52. The number of phosphoric acid groups is 1. The van der Waals surface area contributed by atoms with Crippen LogP contribution in [-0.2, 0) is 37.4 Å². The Bertz CT molecular complexity index is 2370. The van der Waals surface area contributed by atoms with Crippen LogP contribution in [0.4, 0.5) is 5.82 Å². The van der Waals surface area contributed by atoms with Gasteiger partial charge in [-0.3, -0.25) is 37.5 Å². The number of nitrogens with zero attached hydrogens (tertiary/aromatic N) is 3. The molecule has 0 spiro atoms. The van der Waals surface area contributed by atoms with Gasteiger partial charge in [-0.05, 0) is 44.2 Å². The zero-order valence-electron chi connectivity index (χ0n) is 31.1. The van der Waals surface area contributed by atoms with Crippen molar-refractivity contribution in [2.24, 2.45) is 0 Å². The number of rotatable bonds is 16. The maximum atomic E-state index is 14.6. The van der Waals surface area contributed by atoms with Crippen LogP contribution in [0.25, 0.3) is 0 Å². The number of aliphatic hydroxyl groups is 1. The summed E-state index contributed by atoms with van der Waals surface area (Å²) in [5.41, 5.74) is -1.67. The summed E-state index contributed by atoms with van der Waals surface area (Å²) in [6, 6.07) is 15.7. The first-order valence-corrected chi connectivity index (χ1v) is 19.8. The fraction of sp³-hybridized carbons (Fsp3) is 0.378. The second-order valence-electron chi connectivity index (χ2n) is 13.4. The number of anilines is 1. The number of halogens is 1. The number of aromatic amines is 1. The van der Waals surface area contributed by atoms with Gasteiger partial charge in [0.15, 0.2) is 0 Å². The van der Waals surface area contributed by atoms with E-state index in [0.717, 1.165) is 9.13 Å². The zero-order chi connectivity index (χ0) is 41.6. The molecule has 4 aromatic rings. The van der Waals surface area contributed by atoms with Crippen molar-refractivity contribution in [1.29, 1.82) is 0 Å². The second-order valence-corrected chi connectivity index (χ2v) is 15.3. The molecule has 2 aliphatic heterocycles. The second kappa shape index (κ2) is 18.5. The number of ether oxygens (including phenoxy) is 3. The number of hydrogen-bond acceptors (Lipinski definition) is 15. The van der Waals surface area contributed by atoms with Crippen LogP contribution in [0.15, 0.2) is 87.4 Å². The maximum absolute atomic E-state index is 14.6. The van der Waals surface area contributed by atoms with Gasteiger partial charge in [0.1, 0.15) is 54.2 Å². The number of aryl methyl sites for hydroxylation is 1. The molecule has 3 N–H and O–H groups in total. The Kier molecular flexibility index (Phi) is 13.5. The topological polar surface area (TPSA) is 246 Å². The molecule has 2 saturated heterocycles. The molecule has 1 amide bonds.